The van der Waals surface area contributed by atoms with Gasteiger partial charge < -0.3 is 14.7 Å². The quantitative estimate of drug-likeness (QED) is 0.930. The van der Waals surface area contributed by atoms with Crippen LogP contribution in [-0.4, -0.2) is 34.8 Å². The van der Waals surface area contributed by atoms with Crippen molar-refractivity contribution in [2.24, 2.45) is 5.92 Å². The highest BCUT2D eigenvalue weighted by molar-refractivity contribution is 5.67. The third-order valence-corrected chi connectivity index (χ3v) is 4.96. The molecule has 1 aromatic rings. The Morgan fingerprint density at radius 2 is 1.90 bits per heavy atom. The first-order chi connectivity index (χ1) is 10.2. The maximum atomic E-state index is 12.1. The van der Waals surface area contributed by atoms with Crippen molar-refractivity contribution in [2.45, 2.75) is 44.3 Å². The third kappa shape index (κ3) is 3.21. The second-order valence-corrected chi connectivity index (χ2v) is 6.26. The summed E-state index contributed by atoms with van der Waals surface area (Å²) in [5, 5.41) is 10.6. The first-order valence-corrected chi connectivity index (χ1v) is 7.85. The number of carbonyl (C=O) groups excluding carboxylic acids is 1. The van der Waals surface area contributed by atoms with Gasteiger partial charge in [0.1, 0.15) is 6.61 Å². The Morgan fingerprint density at radius 1 is 1.24 bits per heavy atom. The average Bonchev–Trinajstić information content (AvgIpc) is 2.44. The number of aliphatic hydroxyl groups is 1. The minimum Gasteiger partial charge on any atom is -0.445 e. The summed E-state index contributed by atoms with van der Waals surface area (Å²) in [5.74, 6) is 0.444. The molecule has 2 fully saturated rings. The fraction of sp³-hybridized carbons (Fsp3) is 0.588. The smallest absolute Gasteiger partial charge is 0.410 e. The number of hydrogen-bond donors (Lipinski definition) is 1. The lowest BCUT2D eigenvalue weighted by atomic mass is 9.69. The van der Waals surface area contributed by atoms with Gasteiger partial charge in [-0.1, -0.05) is 36.8 Å². The zero-order valence-corrected chi connectivity index (χ0v) is 12.3. The van der Waals surface area contributed by atoms with Crippen LogP contribution in [0.5, 0.6) is 0 Å². The van der Waals surface area contributed by atoms with Gasteiger partial charge in [-0.15, -0.1) is 0 Å². The van der Waals surface area contributed by atoms with E-state index in [-0.39, 0.29) is 6.09 Å². The zero-order valence-electron chi connectivity index (χ0n) is 12.3. The molecule has 2 aliphatic rings. The van der Waals surface area contributed by atoms with Gasteiger partial charge in [-0.3, -0.25) is 0 Å². The van der Waals surface area contributed by atoms with Gasteiger partial charge in [0.15, 0.2) is 0 Å². The predicted octanol–water partition coefficient (Wildman–Crippen LogP) is 2.95. The Labute approximate surface area is 125 Å². The standard InChI is InChI=1S/C17H23NO3/c19-16(21-13-14-5-2-1-3-6-14)18-11-9-17(20,10-12-18)15-7-4-8-15/h1-3,5-6,15,20H,4,7-13H2. The summed E-state index contributed by atoms with van der Waals surface area (Å²) in [6, 6.07) is 9.69. The Bertz CT molecular complexity index is 476. The van der Waals surface area contributed by atoms with Gasteiger partial charge in [-0.05, 0) is 37.2 Å². The van der Waals surface area contributed by atoms with Gasteiger partial charge in [0.25, 0.3) is 0 Å². The van der Waals surface area contributed by atoms with Crippen molar-refractivity contribution in [3.8, 4) is 0 Å². The molecule has 0 atom stereocenters. The number of hydrogen-bond acceptors (Lipinski definition) is 3. The van der Waals surface area contributed by atoms with Crippen LogP contribution in [-0.2, 0) is 11.3 Å². The van der Waals surface area contributed by atoms with E-state index in [2.05, 4.69) is 0 Å². The highest BCUT2D eigenvalue weighted by Gasteiger charge is 2.43. The monoisotopic (exact) mass is 289 g/mol. The molecule has 114 valence electrons. The van der Waals surface area contributed by atoms with Crippen molar-refractivity contribution in [1.82, 2.24) is 4.90 Å². The largest absolute Gasteiger partial charge is 0.445 e. The SMILES string of the molecule is O=C(OCc1ccccc1)N1CCC(O)(C2CCC2)CC1. The number of likely N-dealkylation sites (tertiary alicyclic amines) is 1. The highest BCUT2D eigenvalue weighted by Crippen LogP contribution is 2.41. The van der Waals surface area contributed by atoms with Crippen molar-refractivity contribution in [1.29, 1.82) is 0 Å². The molecule has 0 spiro atoms. The molecule has 1 saturated carbocycles. The molecule has 1 aliphatic heterocycles. The number of ether oxygens (including phenoxy) is 1. The number of nitrogens with zero attached hydrogens (tertiary/aromatic N) is 1. The van der Waals surface area contributed by atoms with Crippen LogP contribution >= 0.6 is 0 Å². The lowest BCUT2D eigenvalue weighted by molar-refractivity contribution is -0.0884. The third-order valence-electron chi connectivity index (χ3n) is 4.96. The number of piperidine rings is 1. The molecule has 3 rings (SSSR count). The Kier molecular flexibility index (Phi) is 4.15. The number of carbonyl (C=O) groups is 1. The summed E-state index contributed by atoms with van der Waals surface area (Å²) in [5.41, 5.74) is 0.447. The van der Waals surface area contributed by atoms with Gasteiger partial charge in [0, 0.05) is 13.1 Å². The van der Waals surface area contributed by atoms with Crippen LogP contribution in [0, 0.1) is 5.92 Å². The van der Waals surface area contributed by atoms with E-state index in [1.54, 1.807) is 4.90 Å². The topological polar surface area (TPSA) is 49.8 Å². The summed E-state index contributed by atoms with van der Waals surface area (Å²) in [4.78, 5) is 13.8. The minimum atomic E-state index is -0.547. The molecule has 1 saturated heterocycles. The van der Waals surface area contributed by atoms with E-state index in [0.29, 0.717) is 38.5 Å². The fourth-order valence-corrected chi connectivity index (χ4v) is 3.24. The molecule has 21 heavy (non-hydrogen) atoms. The Morgan fingerprint density at radius 3 is 2.48 bits per heavy atom. The van der Waals surface area contributed by atoms with E-state index in [4.69, 9.17) is 4.74 Å². The second-order valence-electron chi connectivity index (χ2n) is 6.26. The molecule has 1 aliphatic carbocycles. The van der Waals surface area contributed by atoms with E-state index < -0.39 is 5.60 Å². The minimum absolute atomic E-state index is 0.269. The molecule has 1 amide bonds. The number of amides is 1. The van der Waals surface area contributed by atoms with E-state index >= 15 is 0 Å². The van der Waals surface area contributed by atoms with Crippen molar-refractivity contribution < 1.29 is 14.6 Å². The van der Waals surface area contributed by atoms with Gasteiger partial charge in [-0.25, -0.2) is 4.79 Å². The molecular formula is C17H23NO3. The average molecular weight is 289 g/mol. The van der Waals surface area contributed by atoms with Crippen LogP contribution in [0.25, 0.3) is 0 Å². The molecule has 0 unspecified atom stereocenters. The summed E-state index contributed by atoms with van der Waals surface area (Å²) < 4.78 is 5.34. The second kappa shape index (κ2) is 6.06. The molecule has 0 aromatic heterocycles. The zero-order chi connectivity index (χ0) is 14.7. The summed E-state index contributed by atoms with van der Waals surface area (Å²) in [6.45, 7) is 1.50. The lowest BCUT2D eigenvalue weighted by Crippen LogP contribution is -2.52. The van der Waals surface area contributed by atoms with Crippen molar-refractivity contribution in [3.05, 3.63) is 35.9 Å². The van der Waals surface area contributed by atoms with Crippen LogP contribution in [0.1, 0.15) is 37.7 Å². The van der Waals surface area contributed by atoms with Crippen molar-refractivity contribution in [3.63, 3.8) is 0 Å². The van der Waals surface area contributed by atoms with Crippen molar-refractivity contribution >= 4 is 6.09 Å². The van der Waals surface area contributed by atoms with Crippen LogP contribution in [0.3, 0.4) is 0 Å². The molecule has 4 nitrogen and oxygen atoms in total. The van der Waals surface area contributed by atoms with Gasteiger partial charge in [0.05, 0.1) is 5.60 Å². The van der Waals surface area contributed by atoms with Gasteiger partial charge in [-0.2, -0.15) is 0 Å². The Hall–Kier alpha value is -1.55. The maximum absolute atomic E-state index is 12.1. The summed E-state index contributed by atoms with van der Waals surface area (Å²) in [6.07, 6.45) is 4.59. The van der Waals surface area contributed by atoms with Crippen LogP contribution in [0.4, 0.5) is 4.79 Å². The van der Waals surface area contributed by atoms with E-state index in [1.807, 2.05) is 30.3 Å². The molecule has 1 heterocycles. The predicted molar refractivity (Wildman–Crippen MR) is 79.7 cm³/mol. The highest BCUT2D eigenvalue weighted by atomic mass is 16.6. The first kappa shape index (κ1) is 14.4. The Balaban J connectivity index is 1.46. The molecule has 0 radical (unpaired) electrons. The summed E-state index contributed by atoms with van der Waals surface area (Å²) in [7, 11) is 0. The van der Waals surface area contributed by atoms with Crippen LogP contribution in [0.15, 0.2) is 30.3 Å². The van der Waals surface area contributed by atoms with E-state index in [0.717, 1.165) is 18.4 Å². The normalized spacial score (nSPS) is 21.7. The first-order valence-electron chi connectivity index (χ1n) is 7.85. The fourth-order valence-electron chi connectivity index (χ4n) is 3.24. The molecule has 4 heteroatoms. The van der Waals surface area contributed by atoms with Gasteiger partial charge >= 0.3 is 6.09 Å². The molecule has 1 N–H and O–H groups in total. The number of rotatable bonds is 3. The van der Waals surface area contributed by atoms with Gasteiger partial charge in [0.2, 0.25) is 0 Å². The molecular weight excluding hydrogens is 266 g/mol. The lowest BCUT2D eigenvalue weighted by Gasteiger charge is -2.46. The molecule has 0 bridgehead atoms. The van der Waals surface area contributed by atoms with Crippen LogP contribution in [0.2, 0.25) is 0 Å². The number of benzene rings is 1. The van der Waals surface area contributed by atoms with E-state index in [1.165, 1.54) is 6.42 Å². The van der Waals surface area contributed by atoms with Crippen molar-refractivity contribution in [2.75, 3.05) is 13.1 Å². The van der Waals surface area contributed by atoms with E-state index in [9.17, 15) is 9.90 Å². The molecule has 1 aromatic carbocycles. The summed E-state index contributed by atoms with van der Waals surface area (Å²) >= 11 is 0. The maximum Gasteiger partial charge on any atom is 0.410 e. The van der Waals surface area contributed by atoms with Crippen LogP contribution < -0.4 is 0 Å².